The van der Waals surface area contributed by atoms with Gasteiger partial charge >= 0.3 is 0 Å². The fraction of sp³-hybridized carbons (Fsp3) is 0.286. The lowest BCUT2D eigenvalue weighted by Gasteiger charge is -1.98. The molecule has 1 heterocycles. The summed E-state index contributed by atoms with van der Waals surface area (Å²) in [5.74, 6) is 0. The maximum Gasteiger partial charge on any atom is 0.146 e. The Morgan fingerprint density at radius 2 is 2.55 bits per heavy atom. The van der Waals surface area contributed by atoms with E-state index in [0.29, 0.717) is 10.4 Å². The van der Waals surface area contributed by atoms with Gasteiger partial charge in [0.1, 0.15) is 12.2 Å². The third-order valence-corrected chi connectivity index (χ3v) is 2.28. The number of hydrogen-bond acceptors (Lipinski definition) is 3. The molecule has 0 saturated heterocycles. The summed E-state index contributed by atoms with van der Waals surface area (Å²) in [5, 5.41) is 10.0. The molecule has 1 rings (SSSR count). The first-order valence-electron chi connectivity index (χ1n) is 3.10. The molecule has 0 radical (unpaired) electrons. The van der Waals surface area contributed by atoms with E-state index >= 15 is 0 Å². The van der Waals surface area contributed by atoms with Gasteiger partial charge in [0.15, 0.2) is 0 Å². The van der Waals surface area contributed by atoms with Crippen LogP contribution >= 0.6 is 11.3 Å². The molecular weight excluding hydrogens is 163 g/mol. The Morgan fingerprint density at radius 1 is 1.82 bits per heavy atom. The molecule has 11 heavy (non-hydrogen) atoms. The van der Waals surface area contributed by atoms with Crippen molar-refractivity contribution in [1.82, 2.24) is 0 Å². The van der Waals surface area contributed by atoms with Crippen LogP contribution in [0.25, 0.3) is 0 Å². The number of nitrogens with zero attached hydrogens (tertiary/aromatic N) is 1. The molecule has 0 fully saturated rings. The van der Waals surface area contributed by atoms with Crippen molar-refractivity contribution in [1.29, 1.82) is 5.26 Å². The Hall–Kier alpha value is -0.920. The van der Waals surface area contributed by atoms with Gasteiger partial charge < -0.3 is 5.73 Å². The average Bonchev–Trinajstić information content (AvgIpc) is 2.50. The van der Waals surface area contributed by atoms with E-state index in [4.69, 9.17) is 11.0 Å². The topological polar surface area (TPSA) is 49.8 Å². The lowest BCUT2D eigenvalue weighted by atomic mass is 10.3. The number of nitrogens with two attached hydrogens (primary N) is 1. The molecule has 1 atom stereocenters. The molecule has 0 spiro atoms. The van der Waals surface area contributed by atoms with Gasteiger partial charge in [0.25, 0.3) is 0 Å². The highest BCUT2D eigenvalue weighted by Gasteiger charge is 2.09. The number of hydrogen-bond donors (Lipinski definition) is 1. The molecule has 58 valence electrons. The van der Waals surface area contributed by atoms with Crippen molar-refractivity contribution in [2.45, 2.75) is 6.17 Å². The van der Waals surface area contributed by atoms with Crippen LogP contribution in [-0.4, -0.2) is 6.54 Å². The van der Waals surface area contributed by atoms with Gasteiger partial charge in [-0.15, -0.1) is 11.3 Å². The highest BCUT2D eigenvalue weighted by Crippen LogP contribution is 2.23. The van der Waals surface area contributed by atoms with E-state index < -0.39 is 6.17 Å². The zero-order valence-corrected chi connectivity index (χ0v) is 6.57. The standard InChI is InChI=1S/C7H7FN2S/c8-6(3-10)7-1-5(2-9)4-11-7/h1,4,6H,3,10H2. The summed E-state index contributed by atoms with van der Waals surface area (Å²) in [5.41, 5.74) is 5.60. The third-order valence-electron chi connectivity index (χ3n) is 1.26. The molecular formula is C7H7FN2S. The number of thiophene rings is 1. The highest BCUT2D eigenvalue weighted by atomic mass is 32.1. The fourth-order valence-corrected chi connectivity index (χ4v) is 1.51. The Labute approximate surface area is 68.1 Å². The molecule has 0 aromatic carbocycles. The molecule has 0 aliphatic carbocycles. The monoisotopic (exact) mass is 170 g/mol. The van der Waals surface area contributed by atoms with E-state index in [0.717, 1.165) is 0 Å². The molecule has 1 unspecified atom stereocenters. The van der Waals surface area contributed by atoms with Crippen LogP contribution < -0.4 is 5.73 Å². The predicted molar refractivity (Wildman–Crippen MR) is 41.9 cm³/mol. The minimum atomic E-state index is -1.12. The van der Waals surface area contributed by atoms with Crippen LogP contribution in [0, 0.1) is 11.3 Å². The normalized spacial score (nSPS) is 12.5. The molecule has 2 nitrogen and oxygen atoms in total. The number of halogens is 1. The fourth-order valence-electron chi connectivity index (χ4n) is 0.692. The highest BCUT2D eigenvalue weighted by molar-refractivity contribution is 7.10. The first kappa shape index (κ1) is 8.18. The summed E-state index contributed by atoms with van der Waals surface area (Å²) >= 11 is 1.23. The Balaban J connectivity index is 2.82. The number of alkyl halides is 1. The van der Waals surface area contributed by atoms with E-state index in [9.17, 15) is 4.39 Å². The molecule has 1 aromatic heterocycles. The maximum absolute atomic E-state index is 12.8. The van der Waals surface area contributed by atoms with Crippen molar-refractivity contribution in [3.05, 3.63) is 21.9 Å². The summed E-state index contributed by atoms with van der Waals surface area (Å²) in [6.45, 7) is -0.0224. The summed E-state index contributed by atoms with van der Waals surface area (Å²) in [6, 6.07) is 3.46. The van der Waals surface area contributed by atoms with Gasteiger partial charge in [0, 0.05) is 16.8 Å². The van der Waals surface area contributed by atoms with Crippen molar-refractivity contribution < 1.29 is 4.39 Å². The molecule has 0 saturated carbocycles. The summed E-state index contributed by atoms with van der Waals surface area (Å²) < 4.78 is 12.8. The van der Waals surface area contributed by atoms with Crippen LogP contribution in [-0.2, 0) is 0 Å². The van der Waals surface area contributed by atoms with E-state index in [1.807, 2.05) is 6.07 Å². The molecule has 4 heteroatoms. The van der Waals surface area contributed by atoms with Crippen LogP contribution in [0.3, 0.4) is 0 Å². The largest absolute Gasteiger partial charge is 0.327 e. The Kier molecular flexibility index (Phi) is 2.58. The molecule has 2 N–H and O–H groups in total. The van der Waals surface area contributed by atoms with Crippen LogP contribution in [0.5, 0.6) is 0 Å². The Morgan fingerprint density at radius 3 is 3.00 bits per heavy atom. The van der Waals surface area contributed by atoms with Gasteiger partial charge in [-0.2, -0.15) is 5.26 Å². The lowest BCUT2D eigenvalue weighted by Crippen LogP contribution is -2.05. The average molecular weight is 170 g/mol. The first-order valence-corrected chi connectivity index (χ1v) is 3.98. The zero-order chi connectivity index (χ0) is 8.27. The van der Waals surface area contributed by atoms with Gasteiger partial charge in [-0.25, -0.2) is 4.39 Å². The zero-order valence-electron chi connectivity index (χ0n) is 5.75. The van der Waals surface area contributed by atoms with Gasteiger partial charge in [-0.3, -0.25) is 0 Å². The minimum absolute atomic E-state index is 0.0224. The Bertz CT molecular complexity index is 276. The SMILES string of the molecule is N#Cc1csc(C(F)CN)c1. The molecule has 0 bridgehead atoms. The van der Waals surface area contributed by atoms with E-state index in [1.165, 1.54) is 17.4 Å². The predicted octanol–water partition coefficient (Wildman–Crippen LogP) is 1.59. The van der Waals surface area contributed by atoms with Crippen molar-refractivity contribution in [3.63, 3.8) is 0 Å². The minimum Gasteiger partial charge on any atom is -0.327 e. The van der Waals surface area contributed by atoms with Crippen molar-refractivity contribution in [2.75, 3.05) is 6.54 Å². The van der Waals surface area contributed by atoms with E-state index in [1.54, 1.807) is 5.38 Å². The molecule has 0 amide bonds. The van der Waals surface area contributed by atoms with Gasteiger partial charge in [0.05, 0.1) is 5.56 Å². The second kappa shape index (κ2) is 3.46. The van der Waals surface area contributed by atoms with Crippen molar-refractivity contribution in [2.24, 2.45) is 5.73 Å². The van der Waals surface area contributed by atoms with Crippen molar-refractivity contribution in [3.8, 4) is 6.07 Å². The summed E-state index contributed by atoms with van der Waals surface area (Å²) in [4.78, 5) is 0.532. The second-order valence-electron chi connectivity index (χ2n) is 2.05. The van der Waals surface area contributed by atoms with Gasteiger partial charge in [-0.05, 0) is 6.07 Å². The maximum atomic E-state index is 12.8. The van der Waals surface area contributed by atoms with Crippen molar-refractivity contribution >= 4 is 11.3 Å². The number of rotatable bonds is 2. The summed E-state index contributed by atoms with van der Waals surface area (Å²) in [7, 11) is 0. The van der Waals surface area contributed by atoms with Gasteiger partial charge in [-0.1, -0.05) is 0 Å². The van der Waals surface area contributed by atoms with E-state index in [-0.39, 0.29) is 6.54 Å². The lowest BCUT2D eigenvalue weighted by molar-refractivity contribution is 0.358. The smallest absolute Gasteiger partial charge is 0.146 e. The van der Waals surface area contributed by atoms with Crippen LogP contribution in [0.2, 0.25) is 0 Å². The molecule has 0 aliphatic heterocycles. The first-order chi connectivity index (χ1) is 5.27. The molecule has 0 aliphatic rings. The molecule has 1 aromatic rings. The van der Waals surface area contributed by atoms with Gasteiger partial charge in [0.2, 0.25) is 0 Å². The van der Waals surface area contributed by atoms with E-state index in [2.05, 4.69) is 0 Å². The van der Waals surface area contributed by atoms with Crippen LogP contribution in [0.4, 0.5) is 4.39 Å². The third kappa shape index (κ3) is 1.76. The van der Waals surface area contributed by atoms with Crippen LogP contribution in [0.1, 0.15) is 16.6 Å². The summed E-state index contributed by atoms with van der Waals surface area (Å²) in [6.07, 6.45) is -1.12. The quantitative estimate of drug-likeness (QED) is 0.732. The second-order valence-corrected chi connectivity index (χ2v) is 3.00. The van der Waals surface area contributed by atoms with Crippen LogP contribution in [0.15, 0.2) is 11.4 Å². The number of nitriles is 1.